The van der Waals surface area contributed by atoms with Crippen LogP contribution in [0.25, 0.3) is 0 Å². The van der Waals surface area contributed by atoms with Crippen LogP contribution in [0.3, 0.4) is 0 Å². The first-order valence-electron chi connectivity index (χ1n) is 6.32. The van der Waals surface area contributed by atoms with Gasteiger partial charge in [-0.25, -0.2) is 0 Å². The maximum absolute atomic E-state index is 11.6. The third kappa shape index (κ3) is 6.83. The van der Waals surface area contributed by atoms with Gasteiger partial charge in [0.25, 0.3) is 0 Å². The van der Waals surface area contributed by atoms with Gasteiger partial charge in [-0.3, -0.25) is 4.79 Å². The first-order chi connectivity index (χ1) is 7.41. The molecule has 0 heterocycles. The lowest BCUT2D eigenvalue weighted by Gasteiger charge is -2.21. The molecule has 0 aliphatic carbocycles. The summed E-state index contributed by atoms with van der Waals surface area (Å²) in [5.41, 5.74) is -0.401. The Hall–Kier alpha value is -0.570. The molecular weight excluding hydrogens is 202 g/mol. The molecule has 0 bridgehead atoms. The highest BCUT2D eigenvalue weighted by Crippen LogP contribution is 2.15. The van der Waals surface area contributed by atoms with Gasteiger partial charge in [-0.15, -0.1) is 0 Å². The molecule has 1 atom stereocenters. The molecule has 0 aliphatic heterocycles. The van der Waals surface area contributed by atoms with Crippen LogP contribution in [-0.2, 0) is 9.53 Å². The van der Waals surface area contributed by atoms with E-state index in [2.05, 4.69) is 19.2 Å². The summed E-state index contributed by atoms with van der Waals surface area (Å²) in [6.07, 6.45) is 3.34. The second-order valence-corrected chi connectivity index (χ2v) is 5.26. The van der Waals surface area contributed by atoms with Crippen molar-refractivity contribution in [3.05, 3.63) is 0 Å². The standard InChI is InChI=1S/C13H27NO2/c1-6-8-9-14-11(7-2)10-16-12(15)13(3,4)5/h11,14H,6-10H2,1-5H3. The molecule has 0 spiro atoms. The fourth-order valence-electron chi connectivity index (χ4n) is 1.20. The quantitative estimate of drug-likeness (QED) is 0.539. The summed E-state index contributed by atoms with van der Waals surface area (Å²) >= 11 is 0. The van der Waals surface area contributed by atoms with Crippen molar-refractivity contribution >= 4 is 5.97 Å². The summed E-state index contributed by atoms with van der Waals surface area (Å²) in [6, 6.07) is 0.290. The number of carbonyl (C=O) groups excluding carboxylic acids is 1. The number of hydrogen-bond donors (Lipinski definition) is 1. The minimum Gasteiger partial charge on any atom is -0.464 e. The van der Waals surface area contributed by atoms with E-state index in [4.69, 9.17) is 4.74 Å². The number of unbranched alkanes of at least 4 members (excludes halogenated alkanes) is 1. The number of rotatable bonds is 7. The molecular formula is C13H27NO2. The lowest BCUT2D eigenvalue weighted by Crippen LogP contribution is -2.36. The van der Waals surface area contributed by atoms with Crippen molar-refractivity contribution in [2.75, 3.05) is 13.2 Å². The van der Waals surface area contributed by atoms with E-state index in [-0.39, 0.29) is 12.0 Å². The third-order valence-electron chi connectivity index (χ3n) is 2.48. The average Bonchev–Trinajstić information content (AvgIpc) is 2.21. The summed E-state index contributed by atoms with van der Waals surface area (Å²) in [6.45, 7) is 11.4. The Labute approximate surface area is 99.9 Å². The third-order valence-corrected chi connectivity index (χ3v) is 2.48. The maximum atomic E-state index is 11.6. The largest absolute Gasteiger partial charge is 0.464 e. The molecule has 3 nitrogen and oxygen atoms in total. The Morgan fingerprint density at radius 2 is 1.94 bits per heavy atom. The van der Waals surface area contributed by atoms with Crippen LogP contribution in [0, 0.1) is 5.41 Å². The topological polar surface area (TPSA) is 38.3 Å². The maximum Gasteiger partial charge on any atom is 0.311 e. The number of carbonyl (C=O) groups is 1. The lowest BCUT2D eigenvalue weighted by molar-refractivity contribution is -0.153. The summed E-state index contributed by atoms with van der Waals surface area (Å²) in [4.78, 5) is 11.6. The number of esters is 1. The van der Waals surface area contributed by atoms with Gasteiger partial charge in [0.2, 0.25) is 0 Å². The van der Waals surface area contributed by atoms with E-state index in [0.717, 1.165) is 13.0 Å². The van der Waals surface area contributed by atoms with E-state index in [1.54, 1.807) is 0 Å². The molecule has 0 rings (SSSR count). The van der Waals surface area contributed by atoms with E-state index in [1.165, 1.54) is 12.8 Å². The van der Waals surface area contributed by atoms with Gasteiger partial charge in [-0.2, -0.15) is 0 Å². The van der Waals surface area contributed by atoms with Gasteiger partial charge in [0.1, 0.15) is 6.61 Å². The molecule has 0 saturated heterocycles. The van der Waals surface area contributed by atoms with Gasteiger partial charge in [0.15, 0.2) is 0 Å². The molecule has 0 radical (unpaired) electrons. The van der Waals surface area contributed by atoms with E-state index in [9.17, 15) is 4.79 Å². The van der Waals surface area contributed by atoms with Crippen molar-refractivity contribution in [1.82, 2.24) is 5.32 Å². The van der Waals surface area contributed by atoms with Crippen molar-refractivity contribution in [2.45, 2.75) is 59.9 Å². The molecule has 0 aliphatic rings. The molecule has 3 heteroatoms. The highest BCUT2D eigenvalue weighted by Gasteiger charge is 2.23. The van der Waals surface area contributed by atoms with Crippen molar-refractivity contribution in [3.63, 3.8) is 0 Å². The van der Waals surface area contributed by atoms with Gasteiger partial charge in [0.05, 0.1) is 5.41 Å². The van der Waals surface area contributed by atoms with Gasteiger partial charge >= 0.3 is 5.97 Å². The van der Waals surface area contributed by atoms with Crippen LogP contribution in [0.4, 0.5) is 0 Å². The predicted octanol–water partition coefficient (Wildman–Crippen LogP) is 2.74. The number of ether oxygens (including phenoxy) is 1. The van der Waals surface area contributed by atoms with Crippen LogP contribution in [0.15, 0.2) is 0 Å². The molecule has 1 unspecified atom stereocenters. The molecule has 0 amide bonds. The summed E-state index contributed by atoms with van der Waals surface area (Å²) < 4.78 is 5.29. The summed E-state index contributed by atoms with van der Waals surface area (Å²) in [5.74, 6) is -0.122. The number of nitrogens with one attached hydrogen (secondary N) is 1. The van der Waals surface area contributed by atoms with Crippen molar-refractivity contribution in [2.24, 2.45) is 5.41 Å². The summed E-state index contributed by atoms with van der Waals surface area (Å²) in [7, 11) is 0. The van der Waals surface area contributed by atoms with Gasteiger partial charge in [0, 0.05) is 6.04 Å². The predicted molar refractivity (Wildman–Crippen MR) is 67.4 cm³/mol. The molecule has 1 N–H and O–H groups in total. The van der Waals surface area contributed by atoms with Crippen LogP contribution in [-0.4, -0.2) is 25.2 Å². The Morgan fingerprint density at radius 3 is 2.38 bits per heavy atom. The van der Waals surface area contributed by atoms with E-state index in [1.807, 2.05) is 20.8 Å². The molecule has 0 saturated carbocycles. The highest BCUT2D eigenvalue weighted by molar-refractivity contribution is 5.75. The first kappa shape index (κ1) is 15.4. The molecule has 0 fully saturated rings. The second-order valence-electron chi connectivity index (χ2n) is 5.26. The zero-order valence-electron chi connectivity index (χ0n) is 11.4. The smallest absolute Gasteiger partial charge is 0.311 e. The Kier molecular flexibility index (Phi) is 7.39. The zero-order valence-corrected chi connectivity index (χ0v) is 11.4. The average molecular weight is 229 g/mol. The van der Waals surface area contributed by atoms with Crippen LogP contribution in [0.5, 0.6) is 0 Å². The Balaban J connectivity index is 3.82. The fraction of sp³-hybridized carbons (Fsp3) is 0.923. The van der Waals surface area contributed by atoms with Gasteiger partial charge in [-0.05, 0) is 40.2 Å². The van der Waals surface area contributed by atoms with E-state index in [0.29, 0.717) is 6.61 Å². The van der Waals surface area contributed by atoms with Crippen LogP contribution in [0.2, 0.25) is 0 Å². The highest BCUT2D eigenvalue weighted by atomic mass is 16.5. The zero-order chi connectivity index (χ0) is 12.6. The van der Waals surface area contributed by atoms with Crippen LogP contribution in [0.1, 0.15) is 53.9 Å². The molecule has 0 aromatic rings. The normalized spacial score (nSPS) is 13.6. The molecule has 0 aromatic carbocycles. The monoisotopic (exact) mass is 229 g/mol. The van der Waals surface area contributed by atoms with Crippen molar-refractivity contribution in [1.29, 1.82) is 0 Å². The molecule has 0 aromatic heterocycles. The van der Waals surface area contributed by atoms with Crippen molar-refractivity contribution < 1.29 is 9.53 Å². The number of hydrogen-bond acceptors (Lipinski definition) is 3. The van der Waals surface area contributed by atoms with Gasteiger partial charge in [-0.1, -0.05) is 20.3 Å². The van der Waals surface area contributed by atoms with E-state index < -0.39 is 5.41 Å². The minimum absolute atomic E-state index is 0.122. The SMILES string of the molecule is CCCCNC(CC)COC(=O)C(C)(C)C. The van der Waals surface area contributed by atoms with Gasteiger partial charge < -0.3 is 10.1 Å². The van der Waals surface area contributed by atoms with Crippen LogP contribution >= 0.6 is 0 Å². The molecule has 16 heavy (non-hydrogen) atoms. The molecule has 96 valence electrons. The van der Waals surface area contributed by atoms with Crippen molar-refractivity contribution in [3.8, 4) is 0 Å². The second kappa shape index (κ2) is 7.66. The van der Waals surface area contributed by atoms with E-state index >= 15 is 0 Å². The Bertz CT molecular complexity index is 197. The first-order valence-corrected chi connectivity index (χ1v) is 6.32. The Morgan fingerprint density at radius 1 is 1.31 bits per heavy atom. The lowest BCUT2D eigenvalue weighted by atomic mass is 9.97. The minimum atomic E-state index is -0.401. The van der Waals surface area contributed by atoms with Crippen LogP contribution < -0.4 is 5.32 Å². The fourth-order valence-corrected chi connectivity index (χ4v) is 1.20. The summed E-state index contributed by atoms with van der Waals surface area (Å²) in [5, 5.41) is 3.40.